The van der Waals surface area contributed by atoms with Gasteiger partial charge in [-0.2, -0.15) is 8.78 Å². The van der Waals surface area contributed by atoms with Crippen LogP contribution in [-0.4, -0.2) is 24.5 Å². The molecule has 0 fully saturated rings. The van der Waals surface area contributed by atoms with Crippen molar-refractivity contribution in [1.82, 2.24) is 0 Å². The quantitative estimate of drug-likeness (QED) is 0.201. The van der Waals surface area contributed by atoms with Crippen LogP contribution in [0, 0.1) is 0 Å². The van der Waals surface area contributed by atoms with Crippen molar-refractivity contribution < 1.29 is 49.7 Å². The largest absolute Gasteiger partial charge is 0.522 e. The molecule has 0 amide bonds. The Labute approximate surface area is 168 Å². The van der Waals surface area contributed by atoms with Crippen LogP contribution in [0.25, 0.3) is 22.3 Å². The summed E-state index contributed by atoms with van der Waals surface area (Å²) in [6.07, 6.45) is -15.6. The summed E-state index contributed by atoms with van der Waals surface area (Å²) in [7, 11) is 0. The van der Waals surface area contributed by atoms with Gasteiger partial charge in [-0.25, -0.2) is 9.47 Å². The maximum Gasteiger partial charge on any atom is 0.522 e. The Morgan fingerprint density at radius 2 is 1.53 bits per heavy atom. The normalized spacial score (nSPS) is 13.2. The summed E-state index contributed by atoms with van der Waals surface area (Å²) in [5.74, 6) is -0.847. The van der Waals surface area contributed by atoms with Gasteiger partial charge in [-0.3, -0.25) is 0 Å². The molecule has 2 aromatic carbocycles. The van der Waals surface area contributed by atoms with E-state index in [4.69, 9.17) is 4.42 Å². The Hall–Kier alpha value is -2.28. The minimum Gasteiger partial charge on any atom is -0.456 e. The summed E-state index contributed by atoms with van der Waals surface area (Å²) in [5.41, 5.74) is 1.15. The zero-order valence-electron chi connectivity index (χ0n) is 14.6. The van der Waals surface area contributed by atoms with Gasteiger partial charge in [0.25, 0.3) is 0 Å². The first kappa shape index (κ1) is 22.4. The number of benzene rings is 2. The second kappa shape index (κ2) is 8.46. The molecule has 3 aromatic rings. The molecule has 0 atom stereocenters. The van der Waals surface area contributed by atoms with Crippen molar-refractivity contribution >= 4 is 22.7 Å². The predicted octanol–water partition coefficient (Wildman–Crippen LogP) is 6.82. The number of rotatable bonds is 9. The molecule has 0 unspecified atom stereocenters. The molecule has 0 saturated heterocycles. The van der Waals surface area contributed by atoms with Crippen LogP contribution in [0.4, 0.5) is 30.9 Å². The number of thioether (sulfide) groups is 1. The van der Waals surface area contributed by atoms with Gasteiger partial charge in [0.1, 0.15) is 11.3 Å². The summed E-state index contributed by atoms with van der Waals surface area (Å²) < 4.78 is 100. The van der Waals surface area contributed by atoms with E-state index in [1.54, 1.807) is 24.3 Å². The van der Waals surface area contributed by atoms with E-state index in [2.05, 4.69) is 9.47 Å². The molecule has 0 aliphatic carbocycles. The Morgan fingerprint density at radius 1 is 0.833 bits per heavy atom. The van der Waals surface area contributed by atoms with Crippen LogP contribution in [0.15, 0.2) is 63.9 Å². The minimum atomic E-state index is -5.52. The highest BCUT2D eigenvalue weighted by Crippen LogP contribution is 2.37. The van der Waals surface area contributed by atoms with Crippen molar-refractivity contribution in [2.24, 2.45) is 0 Å². The van der Waals surface area contributed by atoms with Crippen molar-refractivity contribution in [1.29, 1.82) is 0 Å². The van der Waals surface area contributed by atoms with Crippen LogP contribution < -0.4 is 0 Å². The molecule has 0 radical (unpaired) electrons. The molecule has 0 N–H and O–H groups in total. The first-order chi connectivity index (χ1) is 14.0. The van der Waals surface area contributed by atoms with E-state index < -0.39 is 24.5 Å². The average molecular weight is 456 g/mol. The highest BCUT2D eigenvalue weighted by molar-refractivity contribution is 7.99. The molecule has 4 nitrogen and oxygen atoms in total. The monoisotopic (exact) mass is 456 g/mol. The lowest BCUT2D eigenvalue weighted by Crippen LogP contribution is -2.41. The molecule has 12 heteroatoms. The van der Waals surface area contributed by atoms with E-state index in [0.29, 0.717) is 28.5 Å². The highest BCUT2D eigenvalue weighted by atomic mass is 32.2. The molecule has 30 heavy (non-hydrogen) atoms. The van der Waals surface area contributed by atoms with E-state index in [-0.39, 0.29) is 4.90 Å². The van der Waals surface area contributed by atoms with Gasteiger partial charge in [-0.1, -0.05) is 35.3 Å². The zero-order chi connectivity index (χ0) is 22.0. The van der Waals surface area contributed by atoms with Crippen molar-refractivity contribution in [2.45, 2.75) is 23.6 Å². The third-order valence-corrected chi connectivity index (χ3v) is 4.62. The number of ether oxygens (including phenoxy) is 2. The van der Waals surface area contributed by atoms with E-state index in [1.807, 2.05) is 23.1 Å². The lowest BCUT2D eigenvalue weighted by atomic mass is 10.1. The molecule has 0 aliphatic heterocycles. The third kappa shape index (κ3) is 5.88. The Morgan fingerprint density at radius 3 is 2.20 bits per heavy atom. The number of alkyl halides is 6. The van der Waals surface area contributed by atoms with E-state index in [0.717, 1.165) is 5.56 Å². The Bertz CT molecular complexity index is 995. The number of hydrogen-bond acceptors (Lipinski definition) is 5. The molecule has 1 heterocycles. The standard InChI is InChI=1S/C18H11F7O4S/c19-16(20,27-17(21,22)28-18(23,24)29-25)10-30-13-7-6-12-8-14(26-15(12)9-13)11-4-2-1-3-5-11/h1-9H,10H2. The van der Waals surface area contributed by atoms with Crippen LogP contribution in [0.5, 0.6) is 0 Å². The SMILES string of the molecule is FOC(F)(F)OC(F)(F)OC(F)(F)CSc1ccc2cc(-c3ccccc3)oc2c1. The van der Waals surface area contributed by atoms with E-state index in [9.17, 15) is 30.9 Å². The summed E-state index contributed by atoms with van der Waals surface area (Å²) in [4.78, 5) is 2.03. The van der Waals surface area contributed by atoms with Crippen molar-refractivity contribution in [2.75, 3.05) is 5.75 Å². The molecule has 162 valence electrons. The molecule has 0 spiro atoms. The minimum absolute atomic E-state index is 0.210. The van der Waals surface area contributed by atoms with Crippen LogP contribution in [-0.2, 0) is 14.4 Å². The molecular weight excluding hydrogens is 445 g/mol. The molecule has 0 aliphatic rings. The zero-order valence-corrected chi connectivity index (χ0v) is 15.4. The van der Waals surface area contributed by atoms with E-state index >= 15 is 0 Å². The van der Waals surface area contributed by atoms with Gasteiger partial charge in [-0.15, -0.1) is 29.3 Å². The molecule has 1 aromatic heterocycles. The van der Waals surface area contributed by atoms with Crippen LogP contribution in [0.2, 0.25) is 0 Å². The van der Waals surface area contributed by atoms with Gasteiger partial charge in [0.05, 0.1) is 5.75 Å². The number of fused-ring (bicyclic) bond motifs is 1. The fourth-order valence-corrected chi connectivity index (χ4v) is 3.14. The smallest absolute Gasteiger partial charge is 0.456 e. The maximum atomic E-state index is 13.6. The first-order valence-corrected chi connectivity index (χ1v) is 9.03. The summed E-state index contributed by atoms with van der Waals surface area (Å²) in [5, 5.41) is 0.676. The lowest BCUT2D eigenvalue weighted by Gasteiger charge is -2.24. The van der Waals surface area contributed by atoms with E-state index in [1.165, 1.54) is 12.1 Å². The average Bonchev–Trinajstić information content (AvgIpc) is 3.09. The van der Waals surface area contributed by atoms with Gasteiger partial charge < -0.3 is 4.42 Å². The summed E-state index contributed by atoms with van der Waals surface area (Å²) >= 11 is 0.395. The van der Waals surface area contributed by atoms with Crippen LogP contribution in [0.3, 0.4) is 0 Å². The van der Waals surface area contributed by atoms with Crippen LogP contribution in [0.1, 0.15) is 0 Å². The molecule has 0 bridgehead atoms. The number of halogens is 7. The first-order valence-electron chi connectivity index (χ1n) is 8.04. The lowest BCUT2D eigenvalue weighted by molar-refractivity contribution is -0.575. The molecule has 0 saturated carbocycles. The topological polar surface area (TPSA) is 40.8 Å². The second-order valence-electron chi connectivity index (χ2n) is 5.81. The maximum absolute atomic E-state index is 13.6. The molecule has 3 rings (SSSR count). The van der Waals surface area contributed by atoms with Crippen LogP contribution >= 0.6 is 11.8 Å². The van der Waals surface area contributed by atoms with Gasteiger partial charge in [0.2, 0.25) is 0 Å². The van der Waals surface area contributed by atoms with Crippen molar-refractivity contribution in [3.05, 3.63) is 54.6 Å². The van der Waals surface area contributed by atoms with Crippen molar-refractivity contribution in [3.63, 3.8) is 0 Å². The summed E-state index contributed by atoms with van der Waals surface area (Å²) in [6, 6.07) is 15.2. The highest BCUT2D eigenvalue weighted by Gasteiger charge is 2.53. The number of hydrogen-bond donors (Lipinski definition) is 0. The van der Waals surface area contributed by atoms with Gasteiger partial charge in [0, 0.05) is 15.8 Å². The Kier molecular flexibility index (Phi) is 6.32. The Balaban J connectivity index is 1.67. The fraction of sp³-hybridized carbons (Fsp3) is 0.222. The molecular formula is C18H11F7O4S. The van der Waals surface area contributed by atoms with Crippen molar-refractivity contribution in [3.8, 4) is 11.3 Å². The van der Waals surface area contributed by atoms with Gasteiger partial charge in [0.15, 0.2) is 0 Å². The third-order valence-electron chi connectivity index (χ3n) is 3.55. The van der Waals surface area contributed by atoms with Gasteiger partial charge >= 0.3 is 18.7 Å². The summed E-state index contributed by atoms with van der Waals surface area (Å²) in [6.45, 7) is 0. The fourth-order valence-electron chi connectivity index (χ4n) is 2.39. The van der Waals surface area contributed by atoms with Gasteiger partial charge in [-0.05, 0) is 28.8 Å². The second-order valence-corrected chi connectivity index (χ2v) is 6.86. The number of furan rings is 1. The predicted molar refractivity (Wildman–Crippen MR) is 91.6 cm³/mol.